The van der Waals surface area contributed by atoms with E-state index in [1.165, 1.54) is 6.07 Å². The van der Waals surface area contributed by atoms with E-state index in [1.807, 2.05) is 25.1 Å². The van der Waals surface area contributed by atoms with Gasteiger partial charge in [0.1, 0.15) is 4.90 Å². The first-order chi connectivity index (χ1) is 7.00. The van der Waals surface area contributed by atoms with Gasteiger partial charge in [-0.2, -0.15) is 8.42 Å². The number of aryl methyl sites for hydroxylation is 1. The molecule has 0 bridgehead atoms. The van der Waals surface area contributed by atoms with Crippen molar-refractivity contribution in [3.63, 3.8) is 0 Å². The summed E-state index contributed by atoms with van der Waals surface area (Å²) in [6.45, 7) is 1.82. The zero-order valence-corrected chi connectivity index (χ0v) is 8.95. The number of rotatable bonds is 1. The molecule has 0 spiro atoms. The van der Waals surface area contributed by atoms with Crippen molar-refractivity contribution < 1.29 is 13.0 Å². The molecule has 0 radical (unpaired) electrons. The molecule has 4 heteroatoms. The Kier molecular flexibility index (Phi) is 2.25. The lowest BCUT2D eigenvalue weighted by molar-refractivity contribution is 0.484. The van der Waals surface area contributed by atoms with E-state index in [4.69, 9.17) is 4.55 Å². The molecule has 1 N–H and O–H groups in total. The standard InChI is InChI=1S/C11H10O3S/c1-8-7-11(15(12,13)14)10-6-4-2-3-5-9(8)10/h2-7H,1H3,(H,12,13,14). The van der Waals surface area contributed by atoms with Crippen LogP contribution in [0.5, 0.6) is 0 Å². The molecule has 0 aromatic carbocycles. The van der Waals surface area contributed by atoms with Crippen LogP contribution in [0.1, 0.15) is 5.56 Å². The Balaban J connectivity index is 2.84. The first-order valence-electron chi connectivity index (χ1n) is 4.46. The molecule has 0 amide bonds. The predicted octanol–water partition coefficient (Wildman–Crippen LogP) is 2.35. The van der Waals surface area contributed by atoms with Gasteiger partial charge in [-0.05, 0) is 24.1 Å². The van der Waals surface area contributed by atoms with Crippen LogP contribution in [-0.4, -0.2) is 13.0 Å². The molecular formula is C11H10O3S. The fourth-order valence-corrected chi connectivity index (χ4v) is 2.45. The summed E-state index contributed by atoms with van der Waals surface area (Å²) in [4.78, 5) is -0.0220. The topological polar surface area (TPSA) is 54.4 Å². The van der Waals surface area contributed by atoms with E-state index in [0.29, 0.717) is 5.56 Å². The van der Waals surface area contributed by atoms with Crippen molar-refractivity contribution in [1.82, 2.24) is 0 Å². The minimum absolute atomic E-state index is 0.0220. The average Bonchev–Trinajstić information content (AvgIpc) is 2.37. The molecule has 2 rings (SSSR count). The fraction of sp³-hybridized carbons (Fsp3) is 0.0909. The van der Waals surface area contributed by atoms with Crippen molar-refractivity contribution in [2.75, 3.05) is 0 Å². The van der Waals surface area contributed by atoms with Crippen molar-refractivity contribution in [2.24, 2.45) is 0 Å². The quantitative estimate of drug-likeness (QED) is 0.753. The second-order valence-corrected chi connectivity index (χ2v) is 4.79. The van der Waals surface area contributed by atoms with E-state index >= 15 is 0 Å². The Bertz CT molecular complexity index is 573. The molecule has 78 valence electrons. The van der Waals surface area contributed by atoms with Crippen LogP contribution in [0.4, 0.5) is 0 Å². The van der Waals surface area contributed by atoms with Gasteiger partial charge >= 0.3 is 0 Å². The normalized spacial score (nSPS) is 11.9. The number of fused-ring (bicyclic) bond motifs is 1. The summed E-state index contributed by atoms with van der Waals surface area (Å²) >= 11 is 0. The van der Waals surface area contributed by atoms with Crippen LogP contribution in [0.25, 0.3) is 11.1 Å². The van der Waals surface area contributed by atoms with Crippen molar-refractivity contribution in [2.45, 2.75) is 11.8 Å². The lowest BCUT2D eigenvalue weighted by atomic mass is 10.1. The molecule has 0 aromatic heterocycles. The Morgan fingerprint density at radius 2 is 1.67 bits per heavy atom. The summed E-state index contributed by atoms with van der Waals surface area (Å²) in [6.07, 6.45) is 0. The lowest BCUT2D eigenvalue weighted by Crippen LogP contribution is -1.96. The van der Waals surface area contributed by atoms with Crippen LogP contribution in [0.2, 0.25) is 0 Å². The van der Waals surface area contributed by atoms with Gasteiger partial charge in [0, 0.05) is 5.56 Å². The van der Waals surface area contributed by atoms with Gasteiger partial charge < -0.3 is 0 Å². The van der Waals surface area contributed by atoms with Gasteiger partial charge in [0.25, 0.3) is 10.1 Å². The molecule has 0 aromatic rings. The maximum atomic E-state index is 11.1. The summed E-state index contributed by atoms with van der Waals surface area (Å²) in [5.74, 6) is 0. The van der Waals surface area contributed by atoms with E-state index in [9.17, 15) is 8.42 Å². The van der Waals surface area contributed by atoms with Gasteiger partial charge in [-0.15, -0.1) is 0 Å². The van der Waals surface area contributed by atoms with E-state index in [-0.39, 0.29) is 4.90 Å². The minimum atomic E-state index is -4.14. The maximum Gasteiger partial charge on any atom is 0.295 e. The number of hydrogen-bond donors (Lipinski definition) is 1. The van der Waals surface area contributed by atoms with Crippen LogP contribution >= 0.6 is 0 Å². The third-order valence-electron chi connectivity index (χ3n) is 2.35. The Morgan fingerprint density at radius 3 is 2.27 bits per heavy atom. The average molecular weight is 222 g/mol. The summed E-state index contributed by atoms with van der Waals surface area (Å²) < 4.78 is 31.3. The molecule has 3 nitrogen and oxygen atoms in total. The SMILES string of the molecule is Cc1cc(S(=O)(=O)O)c2cccccc1-2. The van der Waals surface area contributed by atoms with Crippen LogP contribution in [0, 0.1) is 6.92 Å². The van der Waals surface area contributed by atoms with Gasteiger partial charge in [-0.1, -0.05) is 30.3 Å². The second kappa shape index (κ2) is 3.32. The third kappa shape index (κ3) is 1.73. The largest absolute Gasteiger partial charge is 0.295 e. The molecule has 0 heterocycles. The van der Waals surface area contributed by atoms with E-state index in [1.54, 1.807) is 12.1 Å². The fourth-order valence-electron chi connectivity index (χ4n) is 1.67. The molecular weight excluding hydrogens is 212 g/mol. The Labute approximate surface area is 88.5 Å². The highest BCUT2D eigenvalue weighted by Crippen LogP contribution is 2.33. The maximum absolute atomic E-state index is 11.1. The van der Waals surface area contributed by atoms with Gasteiger partial charge in [0.05, 0.1) is 0 Å². The molecule has 0 aliphatic heterocycles. The van der Waals surface area contributed by atoms with E-state index < -0.39 is 10.1 Å². The smallest absolute Gasteiger partial charge is 0.282 e. The molecule has 0 saturated carbocycles. The van der Waals surface area contributed by atoms with Gasteiger partial charge in [0.2, 0.25) is 0 Å². The van der Waals surface area contributed by atoms with Crippen molar-refractivity contribution in [3.05, 3.63) is 42.0 Å². The van der Waals surface area contributed by atoms with E-state index in [0.717, 1.165) is 11.1 Å². The highest BCUT2D eigenvalue weighted by molar-refractivity contribution is 7.86. The van der Waals surface area contributed by atoms with Crippen molar-refractivity contribution >= 4 is 10.1 Å². The van der Waals surface area contributed by atoms with Crippen molar-refractivity contribution in [1.29, 1.82) is 0 Å². The van der Waals surface area contributed by atoms with Gasteiger partial charge in [0.15, 0.2) is 0 Å². The summed E-state index contributed by atoms with van der Waals surface area (Å²) in [6, 6.07) is 10.4. The zero-order chi connectivity index (χ0) is 11.1. The van der Waals surface area contributed by atoms with Crippen LogP contribution in [0.3, 0.4) is 0 Å². The lowest BCUT2D eigenvalue weighted by Gasteiger charge is -1.97. The molecule has 2 aliphatic carbocycles. The molecule has 0 fully saturated rings. The molecule has 0 unspecified atom stereocenters. The third-order valence-corrected chi connectivity index (χ3v) is 3.25. The highest BCUT2D eigenvalue weighted by atomic mass is 32.2. The summed E-state index contributed by atoms with van der Waals surface area (Å²) in [5, 5.41) is 0. The molecule has 2 aliphatic rings. The first kappa shape index (κ1) is 10.1. The van der Waals surface area contributed by atoms with Crippen LogP contribution in [0.15, 0.2) is 41.3 Å². The van der Waals surface area contributed by atoms with Crippen molar-refractivity contribution in [3.8, 4) is 11.1 Å². The van der Waals surface area contributed by atoms with E-state index in [2.05, 4.69) is 0 Å². The zero-order valence-electron chi connectivity index (χ0n) is 8.14. The Hall–Kier alpha value is -1.39. The molecule has 0 saturated heterocycles. The first-order valence-corrected chi connectivity index (χ1v) is 5.90. The minimum Gasteiger partial charge on any atom is -0.282 e. The second-order valence-electron chi connectivity index (χ2n) is 3.40. The van der Waals surface area contributed by atoms with Gasteiger partial charge in [-0.3, -0.25) is 4.55 Å². The van der Waals surface area contributed by atoms with Crippen LogP contribution in [-0.2, 0) is 10.1 Å². The monoisotopic (exact) mass is 222 g/mol. The highest BCUT2D eigenvalue weighted by Gasteiger charge is 2.20. The van der Waals surface area contributed by atoms with Crippen LogP contribution < -0.4 is 0 Å². The molecule has 15 heavy (non-hydrogen) atoms. The Morgan fingerprint density at radius 1 is 1.07 bits per heavy atom. The molecule has 0 atom stereocenters. The predicted molar refractivity (Wildman–Crippen MR) is 57.6 cm³/mol. The summed E-state index contributed by atoms with van der Waals surface area (Å²) in [5.41, 5.74) is 2.24. The van der Waals surface area contributed by atoms with Gasteiger partial charge in [-0.25, -0.2) is 0 Å². The summed E-state index contributed by atoms with van der Waals surface area (Å²) in [7, 11) is -4.14. The number of hydrogen-bond acceptors (Lipinski definition) is 2.